The zero-order chi connectivity index (χ0) is 13.5. The van der Waals surface area contributed by atoms with Gasteiger partial charge < -0.3 is 20.5 Å². The van der Waals surface area contributed by atoms with Crippen molar-refractivity contribution in [2.24, 2.45) is 5.73 Å². The maximum atomic E-state index is 10.9. The number of carbonyl (C=O) groups excluding carboxylic acids is 1. The molecule has 1 aromatic carbocycles. The number of primary amides is 1. The quantitative estimate of drug-likeness (QED) is 0.719. The van der Waals surface area contributed by atoms with Gasteiger partial charge in [0.1, 0.15) is 12.4 Å². The summed E-state index contributed by atoms with van der Waals surface area (Å²) >= 11 is 0. The van der Waals surface area contributed by atoms with Gasteiger partial charge >= 0.3 is 0 Å². The molecular weight excluding hydrogens is 244 g/mol. The molecule has 1 saturated heterocycles. The molecule has 5 nitrogen and oxygen atoms in total. The Kier molecular flexibility index (Phi) is 5.18. The van der Waals surface area contributed by atoms with Gasteiger partial charge in [0.25, 0.3) is 0 Å². The number of carbonyl (C=O) groups is 1. The van der Waals surface area contributed by atoms with Crippen LogP contribution in [0.25, 0.3) is 0 Å². The molecule has 0 bridgehead atoms. The molecule has 1 fully saturated rings. The van der Waals surface area contributed by atoms with E-state index in [1.54, 1.807) is 24.3 Å². The Bertz CT molecular complexity index is 400. The highest BCUT2D eigenvalue weighted by molar-refractivity contribution is 5.92. The molecule has 1 aromatic rings. The molecule has 1 aliphatic rings. The molecular formula is C14H20N2O3. The van der Waals surface area contributed by atoms with Crippen LogP contribution < -0.4 is 15.8 Å². The lowest BCUT2D eigenvalue weighted by atomic mass is 10.2. The Morgan fingerprint density at radius 3 is 2.84 bits per heavy atom. The second-order valence-corrected chi connectivity index (χ2v) is 4.58. The Morgan fingerprint density at radius 1 is 1.42 bits per heavy atom. The molecule has 0 radical (unpaired) electrons. The SMILES string of the molecule is NC(=O)c1ccc(OCCNCC2CCCO2)cc1. The first-order valence-electron chi connectivity index (χ1n) is 6.60. The van der Waals surface area contributed by atoms with E-state index in [0.717, 1.165) is 38.3 Å². The Balaban J connectivity index is 1.61. The summed E-state index contributed by atoms with van der Waals surface area (Å²) in [5, 5.41) is 3.30. The monoisotopic (exact) mass is 264 g/mol. The van der Waals surface area contributed by atoms with E-state index >= 15 is 0 Å². The van der Waals surface area contributed by atoms with E-state index in [1.165, 1.54) is 0 Å². The van der Waals surface area contributed by atoms with E-state index in [9.17, 15) is 4.79 Å². The number of ether oxygens (including phenoxy) is 2. The van der Waals surface area contributed by atoms with Crippen LogP contribution in [-0.2, 0) is 4.74 Å². The molecule has 3 N–H and O–H groups in total. The summed E-state index contributed by atoms with van der Waals surface area (Å²) in [5.74, 6) is 0.314. The number of hydrogen-bond acceptors (Lipinski definition) is 4. The van der Waals surface area contributed by atoms with Crippen LogP contribution in [0.1, 0.15) is 23.2 Å². The predicted molar refractivity (Wildman–Crippen MR) is 72.3 cm³/mol. The summed E-state index contributed by atoms with van der Waals surface area (Å²) < 4.78 is 11.1. The molecule has 0 spiro atoms. The topological polar surface area (TPSA) is 73.6 Å². The lowest BCUT2D eigenvalue weighted by Gasteiger charge is -2.11. The molecule has 19 heavy (non-hydrogen) atoms. The lowest BCUT2D eigenvalue weighted by molar-refractivity contribution is 0.1000. The number of hydrogen-bond donors (Lipinski definition) is 2. The van der Waals surface area contributed by atoms with Crippen molar-refractivity contribution in [3.8, 4) is 5.75 Å². The summed E-state index contributed by atoms with van der Waals surface area (Å²) in [4.78, 5) is 10.9. The summed E-state index contributed by atoms with van der Waals surface area (Å²) in [6, 6.07) is 6.83. The van der Waals surface area contributed by atoms with Crippen molar-refractivity contribution >= 4 is 5.91 Å². The summed E-state index contributed by atoms with van der Waals surface area (Å²) in [5.41, 5.74) is 5.65. The van der Waals surface area contributed by atoms with E-state index in [1.807, 2.05) is 0 Å². The number of amides is 1. The maximum Gasteiger partial charge on any atom is 0.248 e. The third-order valence-electron chi connectivity index (χ3n) is 3.08. The van der Waals surface area contributed by atoms with Crippen LogP contribution in [0.2, 0.25) is 0 Å². The van der Waals surface area contributed by atoms with Crippen LogP contribution >= 0.6 is 0 Å². The third kappa shape index (κ3) is 4.54. The summed E-state index contributed by atoms with van der Waals surface area (Å²) in [6.45, 7) is 3.12. The van der Waals surface area contributed by atoms with Crippen LogP contribution in [0.5, 0.6) is 5.75 Å². The van der Waals surface area contributed by atoms with Crippen molar-refractivity contribution in [1.29, 1.82) is 0 Å². The largest absolute Gasteiger partial charge is 0.492 e. The fraction of sp³-hybridized carbons (Fsp3) is 0.500. The average Bonchev–Trinajstić information content (AvgIpc) is 2.92. The smallest absolute Gasteiger partial charge is 0.248 e. The van der Waals surface area contributed by atoms with Crippen molar-refractivity contribution in [2.45, 2.75) is 18.9 Å². The summed E-state index contributed by atoms with van der Waals surface area (Å²) in [6.07, 6.45) is 2.66. The van der Waals surface area contributed by atoms with Crippen molar-refractivity contribution in [3.05, 3.63) is 29.8 Å². The fourth-order valence-electron chi connectivity index (χ4n) is 2.02. The molecule has 1 aliphatic heterocycles. The summed E-state index contributed by atoms with van der Waals surface area (Å²) in [7, 11) is 0. The molecule has 5 heteroatoms. The van der Waals surface area contributed by atoms with Crippen LogP contribution in [0, 0.1) is 0 Å². The van der Waals surface area contributed by atoms with E-state index < -0.39 is 5.91 Å². The number of nitrogens with one attached hydrogen (secondary N) is 1. The van der Waals surface area contributed by atoms with Gasteiger partial charge in [-0.25, -0.2) is 0 Å². The van der Waals surface area contributed by atoms with Gasteiger partial charge in [0, 0.05) is 25.3 Å². The van der Waals surface area contributed by atoms with E-state index in [-0.39, 0.29) is 0 Å². The van der Waals surface area contributed by atoms with Crippen molar-refractivity contribution in [3.63, 3.8) is 0 Å². The number of benzene rings is 1. The zero-order valence-corrected chi connectivity index (χ0v) is 10.9. The van der Waals surface area contributed by atoms with Gasteiger partial charge in [0.2, 0.25) is 5.91 Å². The van der Waals surface area contributed by atoms with Crippen LogP contribution in [-0.4, -0.2) is 38.3 Å². The predicted octanol–water partition coefficient (Wildman–Crippen LogP) is 0.933. The molecule has 0 aliphatic carbocycles. The minimum Gasteiger partial charge on any atom is -0.492 e. The van der Waals surface area contributed by atoms with Crippen LogP contribution in [0.4, 0.5) is 0 Å². The zero-order valence-electron chi connectivity index (χ0n) is 10.9. The van der Waals surface area contributed by atoms with Crippen molar-refractivity contribution in [2.75, 3.05) is 26.3 Å². The number of rotatable bonds is 7. The molecule has 104 valence electrons. The van der Waals surface area contributed by atoms with E-state index in [2.05, 4.69) is 5.32 Å². The highest BCUT2D eigenvalue weighted by atomic mass is 16.5. The Labute approximate surface area is 113 Å². The average molecular weight is 264 g/mol. The van der Waals surface area contributed by atoms with Crippen LogP contribution in [0.15, 0.2) is 24.3 Å². The number of nitrogens with two attached hydrogens (primary N) is 1. The molecule has 1 atom stereocenters. The first-order valence-corrected chi connectivity index (χ1v) is 6.60. The van der Waals surface area contributed by atoms with Gasteiger partial charge in [0.15, 0.2) is 0 Å². The highest BCUT2D eigenvalue weighted by Crippen LogP contribution is 2.12. The molecule has 0 saturated carbocycles. The van der Waals surface area contributed by atoms with Gasteiger partial charge in [0.05, 0.1) is 6.10 Å². The van der Waals surface area contributed by atoms with Gasteiger partial charge in [-0.15, -0.1) is 0 Å². The van der Waals surface area contributed by atoms with Crippen molar-refractivity contribution < 1.29 is 14.3 Å². The molecule has 1 amide bonds. The lowest BCUT2D eigenvalue weighted by Crippen LogP contribution is -2.29. The first kappa shape index (κ1) is 13.8. The third-order valence-corrected chi connectivity index (χ3v) is 3.08. The fourth-order valence-corrected chi connectivity index (χ4v) is 2.02. The Morgan fingerprint density at radius 2 is 2.21 bits per heavy atom. The highest BCUT2D eigenvalue weighted by Gasteiger charge is 2.14. The molecule has 0 aromatic heterocycles. The van der Waals surface area contributed by atoms with Crippen molar-refractivity contribution in [1.82, 2.24) is 5.32 Å². The Hall–Kier alpha value is -1.59. The maximum absolute atomic E-state index is 10.9. The van der Waals surface area contributed by atoms with Crippen LogP contribution in [0.3, 0.4) is 0 Å². The van der Waals surface area contributed by atoms with Gasteiger partial charge in [-0.3, -0.25) is 4.79 Å². The minimum absolute atomic E-state index is 0.356. The standard InChI is InChI=1S/C14H20N2O3/c15-14(17)11-3-5-12(6-4-11)19-9-7-16-10-13-2-1-8-18-13/h3-6,13,16H,1-2,7-10H2,(H2,15,17). The van der Waals surface area contributed by atoms with Gasteiger partial charge in [-0.1, -0.05) is 0 Å². The van der Waals surface area contributed by atoms with Gasteiger partial charge in [-0.2, -0.15) is 0 Å². The molecule has 2 rings (SSSR count). The van der Waals surface area contributed by atoms with Gasteiger partial charge in [-0.05, 0) is 37.1 Å². The second-order valence-electron chi connectivity index (χ2n) is 4.58. The normalized spacial score (nSPS) is 18.4. The first-order chi connectivity index (χ1) is 9.25. The molecule has 1 heterocycles. The van der Waals surface area contributed by atoms with E-state index in [4.69, 9.17) is 15.2 Å². The molecule has 1 unspecified atom stereocenters. The minimum atomic E-state index is -0.426. The van der Waals surface area contributed by atoms with E-state index in [0.29, 0.717) is 18.3 Å². The second kappa shape index (κ2) is 7.11.